The summed E-state index contributed by atoms with van der Waals surface area (Å²) in [5.74, 6) is 0. The van der Waals surface area contributed by atoms with Crippen LogP contribution in [0.1, 0.15) is 65.2 Å². The monoisotopic (exact) mass is 220 g/mol. The average molecular weight is 220 g/mol. The van der Waals surface area contributed by atoms with E-state index in [1.807, 2.05) is 6.08 Å². The molecule has 0 aliphatic heterocycles. The van der Waals surface area contributed by atoms with E-state index >= 15 is 0 Å². The minimum atomic E-state index is 1.01. The van der Waals surface area contributed by atoms with Gasteiger partial charge in [-0.05, 0) is 31.3 Å². The molecule has 0 fully saturated rings. The van der Waals surface area contributed by atoms with Gasteiger partial charge in [-0.3, -0.25) is 0 Å². The molecule has 0 unspecified atom stereocenters. The molecule has 0 heteroatoms. The Labute approximate surface area is 102 Å². The molecule has 0 aromatic heterocycles. The molecule has 0 aromatic carbocycles. The summed E-state index contributed by atoms with van der Waals surface area (Å²) in [7, 11) is 0. The molecule has 0 saturated carbocycles. The molecular formula is C16H28. The number of hydrogen-bond donors (Lipinski definition) is 0. The van der Waals surface area contributed by atoms with Crippen molar-refractivity contribution in [1.82, 2.24) is 0 Å². The lowest BCUT2D eigenvalue weighted by Crippen LogP contribution is -1.79. The smallest absolute Gasteiger partial charge is 0.0103 e. The van der Waals surface area contributed by atoms with Crippen molar-refractivity contribution in [2.75, 3.05) is 0 Å². The summed E-state index contributed by atoms with van der Waals surface area (Å²) < 4.78 is 0. The highest BCUT2D eigenvalue weighted by atomic mass is 14.0. The molecule has 0 heterocycles. The van der Waals surface area contributed by atoms with Crippen LogP contribution in [0.15, 0.2) is 36.5 Å². The molecule has 0 spiro atoms. The third-order valence-electron chi connectivity index (χ3n) is 2.65. The fourth-order valence-corrected chi connectivity index (χ4v) is 1.62. The summed E-state index contributed by atoms with van der Waals surface area (Å²) in [6.07, 6.45) is 18.9. The third-order valence-corrected chi connectivity index (χ3v) is 2.65. The van der Waals surface area contributed by atoms with E-state index in [4.69, 9.17) is 0 Å². The molecule has 0 atom stereocenters. The van der Waals surface area contributed by atoms with E-state index in [0.29, 0.717) is 0 Å². The SMILES string of the molecule is C=CCC(=C/CCCCC)/C=C/CCCC. The lowest BCUT2D eigenvalue weighted by atomic mass is 10.1. The number of allylic oxidation sites excluding steroid dienone is 5. The van der Waals surface area contributed by atoms with Gasteiger partial charge in [-0.25, -0.2) is 0 Å². The second-order valence-corrected chi connectivity index (χ2v) is 4.31. The summed E-state index contributed by atoms with van der Waals surface area (Å²) in [5, 5.41) is 0. The molecule has 16 heavy (non-hydrogen) atoms. The van der Waals surface area contributed by atoms with Gasteiger partial charge in [-0.15, -0.1) is 6.58 Å². The van der Waals surface area contributed by atoms with Gasteiger partial charge < -0.3 is 0 Å². The summed E-state index contributed by atoms with van der Waals surface area (Å²) in [4.78, 5) is 0. The van der Waals surface area contributed by atoms with Crippen molar-refractivity contribution in [3.8, 4) is 0 Å². The van der Waals surface area contributed by atoms with Gasteiger partial charge in [-0.2, -0.15) is 0 Å². The number of unbranched alkanes of at least 4 members (excludes halogenated alkanes) is 5. The topological polar surface area (TPSA) is 0 Å². The quantitative estimate of drug-likeness (QED) is 0.247. The number of rotatable bonds is 10. The molecule has 0 bridgehead atoms. The second kappa shape index (κ2) is 12.3. The predicted molar refractivity (Wildman–Crippen MR) is 75.7 cm³/mol. The standard InChI is InChI=1S/C16H28/c1-4-7-9-11-14-16(13-6-3)15-12-10-8-5-2/h6,11,14-15H,3-5,7-10,12-13H2,1-2H3/b14-11+,16-15-. The largest absolute Gasteiger partial charge is 0.103 e. The van der Waals surface area contributed by atoms with Gasteiger partial charge in [0.2, 0.25) is 0 Å². The highest BCUT2D eigenvalue weighted by molar-refractivity contribution is 5.20. The van der Waals surface area contributed by atoms with E-state index < -0.39 is 0 Å². The minimum Gasteiger partial charge on any atom is -0.103 e. The van der Waals surface area contributed by atoms with E-state index in [1.54, 1.807) is 0 Å². The maximum atomic E-state index is 3.81. The molecular weight excluding hydrogens is 192 g/mol. The van der Waals surface area contributed by atoms with Gasteiger partial charge in [0.1, 0.15) is 0 Å². The lowest BCUT2D eigenvalue weighted by molar-refractivity contribution is 0.727. The van der Waals surface area contributed by atoms with Crippen LogP contribution in [0.3, 0.4) is 0 Å². The van der Waals surface area contributed by atoms with Crippen LogP contribution < -0.4 is 0 Å². The van der Waals surface area contributed by atoms with Crippen molar-refractivity contribution in [3.63, 3.8) is 0 Å². The van der Waals surface area contributed by atoms with Crippen LogP contribution in [-0.4, -0.2) is 0 Å². The summed E-state index contributed by atoms with van der Waals surface area (Å²) >= 11 is 0. The third kappa shape index (κ3) is 9.76. The van der Waals surface area contributed by atoms with E-state index in [1.165, 1.54) is 50.5 Å². The van der Waals surface area contributed by atoms with Crippen LogP contribution in [-0.2, 0) is 0 Å². The Hall–Kier alpha value is -0.780. The van der Waals surface area contributed by atoms with Crippen molar-refractivity contribution >= 4 is 0 Å². The molecule has 0 amide bonds. The van der Waals surface area contributed by atoms with Crippen LogP contribution in [0.2, 0.25) is 0 Å². The number of hydrogen-bond acceptors (Lipinski definition) is 0. The van der Waals surface area contributed by atoms with Crippen LogP contribution in [0.5, 0.6) is 0 Å². The van der Waals surface area contributed by atoms with Crippen LogP contribution in [0.4, 0.5) is 0 Å². The Kier molecular flexibility index (Phi) is 11.7. The van der Waals surface area contributed by atoms with Gasteiger partial charge in [0, 0.05) is 0 Å². The maximum absolute atomic E-state index is 3.81. The molecule has 0 rings (SSSR count). The molecule has 0 saturated heterocycles. The molecule has 0 nitrogen and oxygen atoms in total. The van der Waals surface area contributed by atoms with Crippen molar-refractivity contribution < 1.29 is 0 Å². The van der Waals surface area contributed by atoms with Crippen molar-refractivity contribution in [2.24, 2.45) is 0 Å². The maximum Gasteiger partial charge on any atom is -0.0103 e. The zero-order valence-corrected chi connectivity index (χ0v) is 11.2. The van der Waals surface area contributed by atoms with E-state index in [-0.39, 0.29) is 0 Å². The highest BCUT2D eigenvalue weighted by Gasteiger charge is 1.90. The van der Waals surface area contributed by atoms with Crippen molar-refractivity contribution in [2.45, 2.75) is 65.2 Å². The highest BCUT2D eigenvalue weighted by Crippen LogP contribution is 2.10. The Morgan fingerprint density at radius 1 is 1.00 bits per heavy atom. The Bertz CT molecular complexity index is 208. The van der Waals surface area contributed by atoms with E-state index in [0.717, 1.165) is 6.42 Å². The Morgan fingerprint density at radius 2 is 1.75 bits per heavy atom. The molecule has 0 radical (unpaired) electrons. The van der Waals surface area contributed by atoms with Crippen molar-refractivity contribution in [1.29, 1.82) is 0 Å². The van der Waals surface area contributed by atoms with Gasteiger partial charge in [0.25, 0.3) is 0 Å². The van der Waals surface area contributed by atoms with Gasteiger partial charge in [0.05, 0.1) is 0 Å². The molecule has 0 N–H and O–H groups in total. The zero-order chi connectivity index (χ0) is 12.1. The first-order valence-electron chi connectivity index (χ1n) is 6.81. The van der Waals surface area contributed by atoms with Gasteiger partial charge in [0.15, 0.2) is 0 Å². The van der Waals surface area contributed by atoms with E-state index in [9.17, 15) is 0 Å². The molecule has 0 aromatic rings. The van der Waals surface area contributed by atoms with Crippen LogP contribution >= 0.6 is 0 Å². The fourth-order valence-electron chi connectivity index (χ4n) is 1.62. The summed E-state index contributed by atoms with van der Waals surface area (Å²) in [6.45, 7) is 8.30. The molecule has 92 valence electrons. The summed E-state index contributed by atoms with van der Waals surface area (Å²) in [5.41, 5.74) is 1.43. The Balaban J connectivity index is 3.93. The van der Waals surface area contributed by atoms with Gasteiger partial charge in [-0.1, -0.05) is 63.8 Å². The summed E-state index contributed by atoms with van der Waals surface area (Å²) in [6, 6.07) is 0. The van der Waals surface area contributed by atoms with E-state index in [2.05, 4.69) is 38.7 Å². The van der Waals surface area contributed by atoms with Crippen molar-refractivity contribution in [3.05, 3.63) is 36.5 Å². The first-order chi connectivity index (χ1) is 7.85. The van der Waals surface area contributed by atoms with Gasteiger partial charge >= 0.3 is 0 Å². The second-order valence-electron chi connectivity index (χ2n) is 4.31. The Morgan fingerprint density at radius 3 is 2.38 bits per heavy atom. The zero-order valence-electron chi connectivity index (χ0n) is 11.2. The lowest BCUT2D eigenvalue weighted by Gasteiger charge is -1.99. The first-order valence-corrected chi connectivity index (χ1v) is 6.81. The average Bonchev–Trinajstić information content (AvgIpc) is 2.30. The minimum absolute atomic E-state index is 1.01. The first kappa shape index (κ1) is 15.2. The predicted octanol–water partition coefficient (Wildman–Crippen LogP) is 5.82. The molecule has 0 aliphatic rings. The molecule has 0 aliphatic carbocycles. The van der Waals surface area contributed by atoms with Crippen LogP contribution in [0, 0.1) is 0 Å². The normalized spacial score (nSPS) is 12.2. The fraction of sp³-hybridized carbons (Fsp3) is 0.625. The van der Waals surface area contributed by atoms with Crippen LogP contribution in [0.25, 0.3) is 0 Å².